The van der Waals surface area contributed by atoms with Gasteiger partial charge in [-0.15, -0.1) is 0 Å². The Morgan fingerprint density at radius 1 is 1.45 bits per heavy atom. The van der Waals surface area contributed by atoms with E-state index in [2.05, 4.69) is 26.1 Å². The van der Waals surface area contributed by atoms with E-state index in [0.717, 1.165) is 12.8 Å². The van der Waals surface area contributed by atoms with E-state index in [-0.39, 0.29) is 5.54 Å². The molecule has 11 heavy (non-hydrogen) atoms. The van der Waals surface area contributed by atoms with E-state index in [1.807, 2.05) is 7.05 Å². The molecule has 0 aromatic heterocycles. The lowest BCUT2D eigenvalue weighted by molar-refractivity contribution is 0.349. The van der Waals surface area contributed by atoms with Crippen molar-refractivity contribution in [2.75, 3.05) is 7.05 Å². The van der Waals surface area contributed by atoms with E-state index in [9.17, 15) is 0 Å². The van der Waals surface area contributed by atoms with Crippen molar-refractivity contribution < 1.29 is 0 Å². The smallest absolute Gasteiger partial charge is 0.0136 e. The first-order valence-electron chi connectivity index (χ1n) is 4.46. The molecule has 0 radical (unpaired) electrons. The average molecular weight is 158 g/mol. The molecular weight excluding hydrogens is 136 g/mol. The third-order valence-corrected chi connectivity index (χ3v) is 2.11. The lowest BCUT2D eigenvalue weighted by Crippen LogP contribution is -2.41. The summed E-state index contributed by atoms with van der Waals surface area (Å²) < 4.78 is 0. The lowest BCUT2D eigenvalue weighted by Gasteiger charge is -2.27. The van der Waals surface area contributed by atoms with Crippen molar-refractivity contribution in [3.8, 4) is 0 Å². The molecule has 0 aliphatic carbocycles. The fraction of sp³-hybridized carbons (Fsp3) is 1.00. The van der Waals surface area contributed by atoms with Gasteiger partial charge in [-0.25, -0.2) is 0 Å². The van der Waals surface area contributed by atoms with Crippen LogP contribution in [-0.4, -0.2) is 18.6 Å². The second-order valence-corrected chi connectivity index (χ2v) is 3.89. The summed E-state index contributed by atoms with van der Waals surface area (Å²) in [5.41, 5.74) is 6.09. The first-order valence-corrected chi connectivity index (χ1v) is 4.46. The van der Waals surface area contributed by atoms with Crippen LogP contribution in [0.2, 0.25) is 0 Å². The summed E-state index contributed by atoms with van der Waals surface area (Å²) in [6, 6.07) is 0.349. The zero-order valence-corrected chi connectivity index (χ0v) is 8.28. The number of rotatable bonds is 5. The standard InChI is InChI=1S/C9H22N2/c1-5-6-8(10)7-9(2,3)11-4/h8,11H,5-7,10H2,1-4H3. The summed E-state index contributed by atoms with van der Waals surface area (Å²) >= 11 is 0. The van der Waals surface area contributed by atoms with Crippen LogP contribution in [0, 0.1) is 0 Å². The Morgan fingerprint density at radius 3 is 2.36 bits per heavy atom. The number of nitrogens with one attached hydrogen (secondary N) is 1. The highest BCUT2D eigenvalue weighted by molar-refractivity contribution is 4.80. The van der Waals surface area contributed by atoms with Gasteiger partial charge in [-0.1, -0.05) is 13.3 Å². The molecule has 2 nitrogen and oxygen atoms in total. The molecule has 0 saturated heterocycles. The Hall–Kier alpha value is -0.0800. The van der Waals surface area contributed by atoms with Crippen molar-refractivity contribution in [2.45, 2.75) is 51.6 Å². The molecule has 1 atom stereocenters. The topological polar surface area (TPSA) is 38.0 Å². The predicted molar refractivity (Wildman–Crippen MR) is 50.6 cm³/mol. The van der Waals surface area contributed by atoms with Crippen LogP contribution in [-0.2, 0) is 0 Å². The molecule has 0 aliphatic rings. The van der Waals surface area contributed by atoms with Gasteiger partial charge < -0.3 is 11.1 Å². The summed E-state index contributed by atoms with van der Waals surface area (Å²) in [6.07, 6.45) is 3.36. The van der Waals surface area contributed by atoms with Crippen LogP contribution in [0.5, 0.6) is 0 Å². The fourth-order valence-corrected chi connectivity index (χ4v) is 1.23. The molecular formula is C9H22N2. The van der Waals surface area contributed by atoms with Gasteiger partial charge in [-0.3, -0.25) is 0 Å². The number of nitrogens with two attached hydrogens (primary N) is 1. The first-order chi connectivity index (χ1) is 5.02. The van der Waals surface area contributed by atoms with Gasteiger partial charge in [0.05, 0.1) is 0 Å². The lowest BCUT2D eigenvalue weighted by atomic mass is 9.94. The number of hydrogen-bond donors (Lipinski definition) is 2. The van der Waals surface area contributed by atoms with Crippen molar-refractivity contribution in [1.29, 1.82) is 0 Å². The average Bonchev–Trinajstić information content (AvgIpc) is 1.87. The molecule has 2 heteroatoms. The highest BCUT2D eigenvalue weighted by Crippen LogP contribution is 2.11. The first kappa shape index (κ1) is 10.9. The van der Waals surface area contributed by atoms with Gasteiger partial charge in [-0.05, 0) is 33.7 Å². The van der Waals surface area contributed by atoms with Crippen LogP contribution in [0.3, 0.4) is 0 Å². The Bertz CT molecular complexity index is 99.7. The third kappa shape index (κ3) is 5.22. The Morgan fingerprint density at radius 2 is 2.00 bits per heavy atom. The van der Waals surface area contributed by atoms with Gasteiger partial charge in [0.2, 0.25) is 0 Å². The number of hydrogen-bond acceptors (Lipinski definition) is 2. The molecule has 0 rings (SSSR count). The third-order valence-electron chi connectivity index (χ3n) is 2.11. The largest absolute Gasteiger partial charge is 0.328 e. The van der Waals surface area contributed by atoms with E-state index >= 15 is 0 Å². The van der Waals surface area contributed by atoms with Gasteiger partial charge in [0.1, 0.15) is 0 Å². The predicted octanol–water partition coefficient (Wildman–Crippen LogP) is 1.50. The Balaban J connectivity index is 3.64. The molecule has 0 spiro atoms. The van der Waals surface area contributed by atoms with Crippen LogP contribution in [0.25, 0.3) is 0 Å². The molecule has 0 aromatic rings. The maximum atomic E-state index is 5.91. The van der Waals surface area contributed by atoms with Crippen molar-refractivity contribution in [2.24, 2.45) is 5.73 Å². The minimum Gasteiger partial charge on any atom is -0.328 e. The Kier molecular flexibility index (Phi) is 4.69. The monoisotopic (exact) mass is 158 g/mol. The molecule has 1 unspecified atom stereocenters. The minimum atomic E-state index is 0.189. The van der Waals surface area contributed by atoms with Crippen LogP contribution >= 0.6 is 0 Å². The normalized spacial score (nSPS) is 15.0. The highest BCUT2D eigenvalue weighted by atomic mass is 14.9. The van der Waals surface area contributed by atoms with Gasteiger partial charge in [-0.2, -0.15) is 0 Å². The van der Waals surface area contributed by atoms with Crippen molar-refractivity contribution >= 4 is 0 Å². The van der Waals surface area contributed by atoms with Gasteiger partial charge in [0.15, 0.2) is 0 Å². The maximum Gasteiger partial charge on any atom is 0.0136 e. The molecule has 0 amide bonds. The van der Waals surface area contributed by atoms with E-state index in [1.165, 1.54) is 6.42 Å². The van der Waals surface area contributed by atoms with Crippen molar-refractivity contribution in [3.05, 3.63) is 0 Å². The molecule has 0 bridgehead atoms. The summed E-state index contributed by atoms with van der Waals surface area (Å²) in [5, 5.41) is 3.25. The fourth-order valence-electron chi connectivity index (χ4n) is 1.23. The van der Waals surface area contributed by atoms with E-state index < -0.39 is 0 Å². The SMILES string of the molecule is CCCC(N)CC(C)(C)NC. The van der Waals surface area contributed by atoms with Crippen LogP contribution in [0.1, 0.15) is 40.0 Å². The van der Waals surface area contributed by atoms with Gasteiger partial charge in [0.25, 0.3) is 0 Å². The highest BCUT2D eigenvalue weighted by Gasteiger charge is 2.17. The second-order valence-electron chi connectivity index (χ2n) is 3.89. The molecule has 0 aromatic carbocycles. The quantitative estimate of drug-likeness (QED) is 0.636. The van der Waals surface area contributed by atoms with Crippen LogP contribution in [0.15, 0.2) is 0 Å². The second kappa shape index (κ2) is 4.73. The summed E-state index contributed by atoms with van der Waals surface area (Å²) in [4.78, 5) is 0. The van der Waals surface area contributed by atoms with Gasteiger partial charge in [0, 0.05) is 11.6 Å². The molecule has 0 aliphatic heterocycles. The maximum absolute atomic E-state index is 5.91. The molecule has 3 N–H and O–H groups in total. The summed E-state index contributed by atoms with van der Waals surface area (Å²) in [6.45, 7) is 6.54. The zero-order valence-electron chi connectivity index (χ0n) is 8.28. The molecule has 0 fully saturated rings. The van der Waals surface area contributed by atoms with Gasteiger partial charge >= 0.3 is 0 Å². The van der Waals surface area contributed by atoms with E-state index in [0.29, 0.717) is 6.04 Å². The van der Waals surface area contributed by atoms with Crippen LogP contribution < -0.4 is 11.1 Å². The molecule has 0 heterocycles. The van der Waals surface area contributed by atoms with E-state index in [1.54, 1.807) is 0 Å². The van der Waals surface area contributed by atoms with E-state index in [4.69, 9.17) is 5.73 Å². The zero-order chi connectivity index (χ0) is 8.91. The summed E-state index contributed by atoms with van der Waals surface area (Å²) in [5.74, 6) is 0. The van der Waals surface area contributed by atoms with Crippen LogP contribution in [0.4, 0.5) is 0 Å². The molecule has 0 saturated carbocycles. The van der Waals surface area contributed by atoms with Crippen molar-refractivity contribution in [3.63, 3.8) is 0 Å². The molecule has 68 valence electrons. The Labute approximate surface area is 70.5 Å². The minimum absolute atomic E-state index is 0.189. The summed E-state index contributed by atoms with van der Waals surface area (Å²) in [7, 11) is 1.98. The van der Waals surface area contributed by atoms with Crippen molar-refractivity contribution in [1.82, 2.24) is 5.32 Å².